The molecule has 1 heterocycles. The van der Waals surface area contributed by atoms with E-state index in [2.05, 4.69) is 24.1 Å². The summed E-state index contributed by atoms with van der Waals surface area (Å²) in [4.78, 5) is 4.14. The minimum atomic E-state index is -0.117. The summed E-state index contributed by atoms with van der Waals surface area (Å²) in [6, 6.07) is 2.03. The molecule has 0 unspecified atom stereocenters. The molecule has 1 aliphatic carbocycles. The van der Waals surface area contributed by atoms with Gasteiger partial charge in [-0.2, -0.15) is 0 Å². The Bertz CT molecular complexity index is 475. The van der Waals surface area contributed by atoms with Crippen molar-refractivity contribution >= 4 is 5.69 Å². The van der Waals surface area contributed by atoms with Gasteiger partial charge in [0, 0.05) is 12.7 Å². The highest BCUT2D eigenvalue weighted by molar-refractivity contribution is 5.51. The van der Waals surface area contributed by atoms with Crippen LogP contribution in [0.3, 0.4) is 0 Å². The number of nitrogens with zero attached hydrogens (tertiary/aromatic N) is 1. The van der Waals surface area contributed by atoms with Crippen molar-refractivity contribution in [3.05, 3.63) is 47.6 Å². The van der Waals surface area contributed by atoms with Crippen LogP contribution in [0, 0.1) is 0 Å². The highest BCUT2D eigenvalue weighted by atomic mass is 19.1. The number of hydrogen-bond donors (Lipinski definition) is 1. The van der Waals surface area contributed by atoms with E-state index >= 15 is 0 Å². The lowest BCUT2D eigenvalue weighted by Crippen LogP contribution is -2.09. The molecule has 1 N–H and O–H groups in total. The van der Waals surface area contributed by atoms with Crippen LogP contribution in [0.15, 0.2) is 42.0 Å². The molecule has 0 saturated carbocycles. The Morgan fingerprint density at radius 2 is 2.28 bits per heavy atom. The molecule has 0 aliphatic heterocycles. The Labute approximate surface area is 108 Å². The highest BCUT2D eigenvalue weighted by Gasteiger charge is 2.08. The van der Waals surface area contributed by atoms with E-state index in [0.717, 1.165) is 24.1 Å². The molecular formula is C15H19FN2. The SMILES string of the molecule is CC(C)c1ccncc1NCC1=CC(F)=CCC1. The van der Waals surface area contributed by atoms with Gasteiger partial charge in [0.05, 0.1) is 11.9 Å². The average molecular weight is 246 g/mol. The second-order valence-electron chi connectivity index (χ2n) is 4.90. The van der Waals surface area contributed by atoms with Crippen molar-refractivity contribution in [1.82, 2.24) is 4.98 Å². The maximum absolute atomic E-state index is 13.1. The summed E-state index contributed by atoms with van der Waals surface area (Å²) in [6.45, 7) is 5.00. The Morgan fingerprint density at radius 3 is 3.00 bits per heavy atom. The zero-order valence-corrected chi connectivity index (χ0v) is 10.9. The Kier molecular flexibility index (Phi) is 4.13. The zero-order chi connectivity index (χ0) is 13.0. The highest BCUT2D eigenvalue weighted by Crippen LogP contribution is 2.24. The van der Waals surface area contributed by atoms with Crippen molar-refractivity contribution in [2.75, 3.05) is 11.9 Å². The first kappa shape index (κ1) is 12.8. The molecule has 1 aromatic rings. The largest absolute Gasteiger partial charge is 0.380 e. The fourth-order valence-electron chi connectivity index (χ4n) is 2.13. The van der Waals surface area contributed by atoms with Crippen molar-refractivity contribution in [3.8, 4) is 0 Å². The van der Waals surface area contributed by atoms with Gasteiger partial charge in [-0.15, -0.1) is 0 Å². The van der Waals surface area contributed by atoms with E-state index in [1.165, 1.54) is 5.56 Å². The molecule has 1 aliphatic rings. The Hall–Kier alpha value is -1.64. The number of hydrogen-bond acceptors (Lipinski definition) is 2. The van der Waals surface area contributed by atoms with Gasteiger partial charge in [0.1, 0.15) is 5.83 Å². The number of pyridine rings is 1. The van der Waals surface area contributed by atoms with Gasteiger partial charge in [-0.25, -0.2) is 4.39 Å². The predicted octanol–water partition coefficient (Wildman–Crippen LogP) is 4.19. The van der Waals surface area contributed by atoms with Gasteiger partial charge >= 0.3 is 0 Å². The molecular weight excluding hydrogens is 227 g/mol. The first-order valence-electron chi connectivity index (χ1n) is 6.39. The van der Waals surface area contributed by atoms with Crippen molar-refractivity contribution in [2.45, 2.75) is 32.6 Å². The van der Waals surface area contributed by atoms with Crippen LogP contribution in [-0.4, -0.2) is 11.5 Å². The molecule has 0 atom stereocenters. The standard InChI is InChI=1S/C15H19FN2/c1-11(2)14-6-7-17-10-15(14)18-9-12-4-3-5-13(16)8-12/h5-8,10-11,18H,3-4,9H2,1-2H3. The molecule has 2 nitrogen and oxygen atoms in total. The maximum atomic E-state index is 13.1. The van der Waals surface area contributed by atoms with E-state index in [4.69, 9.17) is 0 Å². The lowest BCUT2D eigenvalue weighted by molar-refractivity contribution is 0.646. The second kappa shape index (κ2) is 5.80. The summed E-state index contributed by atoms with van der Waals surface area (Å²) < 4.78 is 13.1. The predicted molar refractivity (Wildman–Crippen MR) is 73.3 cm³/mol. The summed E-state index contributed by atoms with van der Waals surface area (Å²) in [7, 11) is 0. The van der Waals surface area contributed by atoms with Crippen molar-refractivity contribution in [3.63, 3.8) is 0 Å². The summed E-state index contributed by atoms with van der Waals surface area (Å²) in [5.41, 5.74) is 3.40. The number of anilines is 1. The van der Waals surface area contributed by atoms with Crippen molar-refractivity contribution in [2.24, 2.45) is 0 Å². The fraction of sp³-hybridized carbons (Fsp3) is 0.400. The van der Waals surface area contributed by atoms with Crippen molar-refractivity contribution < 1.29 is 4.39 Å². The fourth-order valence-corrected chi connectivity index (χ4v) is 2.13. The minimum absolute atomic E-state index is 0.117. The summed E-state index contributed by atoms with van der Waals surface area (Å²) in [5.74, 6) is 0.334. The molecule has 0 spiro atoms. The molecule has 0 radical (unpaired) electrons. The first-order chi connectivity index (χ1) is 8.66. The van der Waals surface area contributed by atoms with Crippen LogP contribution in [0.5, 0.6) is 0 Å². The van der Waals surface area contributed by atoms with Crippen molar-refractivity contribution in [1.29, 1.82) is 0 Å². The quantitative estimate of drug-likeness (QED) is 0.861. The number of aromatic nitrogens is 1. The molecule has 0 amide bonds. The van der Waals surface area contributed by atoms with Gasteiger partial charge in [0.2, 0.25) is 0 Å². The third kappa shape index (κ3) is 3.19. The van der Waals surface area contributed by atoms with Gasteiger partial charge in [-0.1, -0.05) is 13.8 Å². The molecule has 1 aromatic heterocycles. The number of allylic oxidation sites excluding steroid dienone is 3. The number of rotatable bonds is 4. The van der Waals surface area contributed by atoms with E-state index in [9.17, 15) is 4.39 Å². The Balaban J connectivity index is 2.04. The van der Waals surface area contributed by atoms with Crippen LogP contribution in [0.25, 0.3) is 0 Å². The van der Waals surface area contributed by atoms with E-state index in [-0.39, 0.29) is 5.83 Å². The van der Waals surface area contributed by atoms with Gasteiger partial charge in [0.25, 0.3) is 0 Å². The van der Waals surface area contributed by atoms with Crippen LogP contribution < -0.4 is 5.32 Å². The smallest absolute Gasteiger partial charge is 0.119 e. The molecule has 0 fully saturated rings. The van der Waals surface area contributed by atoms with Crippen LogP contribution in [-0.2, 0) is 0 Å². The second-order valence-corrected chi connectivity index (χ2v) is 4.90. The molecule has 0 bridgehead atoms. The average Bonchev–Trinajstić information content (AvgIpc) is 2.37. The van der Waals surface area contributed by atoms with Crippen LogP contribution >= 0.6 is 0 Å². The number of halogens is 1. The molecule has 0 aromatic carbocycles. The third-order valence-electron chi connectivity index (χ3n) is 3.13. The Morgan fingerprint density at radius 1 is 1.44 bits per heavy atom. The number of nitrogens with one attached hydrogen (secondary N) is 1. The summed E-state index contributed by atoms with van der Waals surface area (Å²) in [6.07, 6.45) is 8.63. The van der Waals surface area contributed by atoms with E-state index < -0.39 is 0 Å². The molecule has 2 rings (SSSR count). The summed E-state index contributed by atoms with van der Waals surface area (Å²) >= 11 is 0. The molecule has 0 saturated heterocycles. The van der Waals surface area contributed by atoms with E-state index in [0.29, 0.717) is 12.5 Å². The van der Waals surface area contributed by atoms with E-state index in [1.54, 1.807) is 12.2 Å². The molecule has 96 valence electrons. The van der Waals surface area contributed by atoms with Gasteiger partial charge in [0.15, 0.2) is 0 Å². The van der Waals surface area contributed by atoms with E-state index in [1.807, 2.05) is 18.5 Å². The molecule has 3 heteroatoms. The van der Waals surface area contributed by atoms with Crippen LogP contribution in [0.1, 0.15) is 38.2 Å². The third-order valence-corrected chi connectivity index (χ3v) is 3.13. The summed E-state index contributed by atoms with van der Waals surface area (Å²) in [5, 5.41) is 3.36. The molecule has 18 heavy (non-hydrogen) atoms. The van der Waals surface area contributed by atoms with Gasteiger partial charge in [-0.05, 0) is 48.1 Å². The van der Waals surface area contributed by atoms with Gasteiger partial charge < -0.3 is 5.32 Å². The zero-order valence-electron chi connectivity index (χ0n) is 10.9. The van der Waals surface area contributed by atoms with Crippen LogP contribution in [0.4, 0.5) is 10.1 Å². The monoisotopic (exact) mass is 246 g/mol. The van der Waals surface area contributed by atoms with Gasteiger partial charge in [-0.3, -0.25) is 4.98 Å². The lowest BCUT2D eigenvalue weighted by atomic mass is 10.0. The maximum Gasteiger partial charge on any atom is 0.119 e. The lowest BCUT2D eigenvalue weighted by Gasteiger charge is -2.16. The normalized spacial score (nSPS) is 15.3. The minimum Gasteiger partial charge on any atom is -0.380 e. The topological polar surface area (TPSA) is 24.9 Å². The van der Waals surface area contributed by atoms with Crippen LogP contribution in [0.2, 0.25) is 0 Å². The first-order valence-corrected chi connectivity index (χ1v) is 6.39.